The highest BCUT2D eigenvalue weighted by molar-refractivity contribution is 6.28. The number of carbonyl (C=O) groups is 1. The van der Waals surface area contributed by atoms with Gasteiger partial charge >= 0.3 is 6.18 Å². The lowest BCUT2D eigenvalue weighted by Gasteiger charge is -2.10. The Morgan fingerprint density at radius 3 is 2.71 bits per heavy atom. The Labute approximate surface area is 124 Å². The van der Waals surface area contributed by atoms with Gasteiger partial charge in [-0.1, -0.05) is 0 Å². The van der Waals surface area contributed by atoms with Gasteiger partial charge in [-0.2, -0.15) is 13.2 Å². The third-order valence-corrected chi connectivity index (χ3v) is 2.99. The molecule has 2 rings (SSSR count). The molecule has 0 bridgehead atoms. The summed E-state index contributed by atoms with van der Waals surface area (Å²) in [6.45, 7) is 0.322. The van der Waals surface area contributed by atoms with Crippen molar-refractivity contribution in [2.75, 3.05) is 11.9 Å². The van der Waals surface area contributed by atoms with E-state index in [0.29, 0.717) is 25.4 Å². The molecule has 116 valence electrons. The van der Waals surface area contributed by atoms with Crippen molar-refractivity contribution in [1.82, 2.24) is 15.3 Å². The lowest BCUT2D eigenvalue weighted by atomic mass is 10.3. The van der Waals surface area contributed by atoms with Crippen LogP contribution < -0.4 is 10.6 Å². The Morgan fingerprint density at radius 1 is 1.38 bits per heavy atom. The third-order valence-electron chi connectivity index (χ3n) is 2.82. The second-order valence-corrected chi connectivity index (χ2v) is 5.12. The molecule has 1 fully saturated rings. The van der Waals surface area contributed by atoms with E-state index in [2.05, 4.69) is 20.6 Å². The second kappa shape index (κ2) is 6.46. The van der Waals surface area contributed by atoms with Crippen LogP contribution in [0.2, 0.25) is 5.28 Å². The van der Waals surface area contributed by atoms with Crippen molar-refractivity contribution in [3.8, 4) is 0 Å². The fraction of sp³-hybridized carbons (Fsp3) is 0.583. The van der Waals surface area contributed by atoms with Gasteiger partial charge in [0.1, 0.15) is 5.82 Å². The fourth-order valence-electron chi connectivity index (χ4n) is 1.65. The average molecular weight is 323 g/mol. The zero-order valence-corrected chi connectivity index (χ0v) is 11.8. The molecule has 1 amide bonds. The minimum absolute atomic E-state index is 0.00933. The Balaban J connectivity index is 1.79. The van der Waals surface area contributed by atoms with Crippen LogP contribution in [0, 0.1) is 0 Å². The third kappa shape index (κ3) is 5.37. The van der Waals surface area contributed by atoms with Crippen molar-refractivity contribution in [2.45, 2.75) is 37.9 Å². The van der Waals surface area contributed by atoms with Gasteiger partial charge in [0.2, 0.25) is 11.2 Å². The van der Waals surface area contributed by atoms with E-state index in [0.717, 1.165) is 18.9 Å². The molecule has 1 aliphatic rings. The zero-order valence-electron chi connectivity index (χ0n) is 11.0. The predicted octanol–water partition coefficient (Wildman–Crippen LogP) is 2.62. The molecule has 21 heavy (non-hydrogen) atoms. The van der Waals surface area contributed by atoms with Crippen molar-refractivity contribution < 1.29 is 18.0 Å². The summed E-state index contributed by atoms with van der Waals surface area (Å²) in [5, 5.41) is 5.06. The summed E-state index contributed by atoms with van der Waals surface area (Å²) >= 11 is 5.46. The predicted molar refractivity (Wildman–Crippen MR) is 70.9 cm³/mol. The van der Waals surface area contributed by atoms with Crippen molar-refractivity contribution in [3.05, 3.63) is 17.0 Å². The summed E-state index contributed by atoms with van der Waals surface area (Å²) in [5.41, 5.74) is -1.10. The summed E-state index contributed by atoms with van der Waals surface area (Å²) < 4.78 is 37.6. The molecule has 1 aliphatic carbocycles. The normalized spacial score (nSPS) is 14.9. The van der Waals surface area contributed by atoms with E-state index in [1.807, 2.05) is 0 Å². The van der Waals surface area contributed by atoms with Crippen LogP contribution in [0.4, 0.5) is 19.0 Å². The number of aromatic nitrogens is 2. The molecule has 0 spiro atoms. The number of hydrogen-bond donors (Lipinski definition) is 2. The molecule has 0 saturated heterocycles. The standard InChI is InChI=1S/C12H14ClF3N4O/c13-11-19-8(12(14,15)16)6-9(20-11)17-5-1-2-10(21)18-7-3-4-7/h6-7H,1-5H2,(H,18,21)(H,17,19,20). The summed E-state index contributed by atoms with van der Waals surface area (Å²) in [6.07, 6.45) is -1.74. The summed E-state index contributed by atoms with van der Waals surface area (Å²) in [4.78, 5) is 18.2. The van der Waals surface area contributed by atoms with Gasteiger partial charge in [0.15, 0.2) is 5.69 Å². The minimum atomic E-state index is -4.58. The Bertz CT molecular complexity index is 520. The van der Waals surface area contributed by atoms with Crippen LogP contribution in [0.1, 0.15) is 31.4 Å². The summed E-state index contributed by atoms with van der Waals surface area (Å²) in [7, 11) is 0. The number of halogens is 4. The molecule has 2 N–H and O–H groups in total. The number of hydrogen-bond acceptors (Lipinski definition) is 4. The highest BCUT2D eigenvalue weighted by Gasteiger charge is 2.33. The maximum atomic E-state index is 12.5. The van der Waals surface area contributed by atoms with Crippen molar-refractivity contribution in [1.29, 1.82) is 0 Å². The molecule has 9 heteroatoms. The molecule has 0 aromatic carbocycles. The number of nitrogens with one attached hydrogen (secondary N) is 2. The first-order valence-electron chi connectivity index (χ1n) is 6.49. The molecule has 1 saturated carbocycles. The number of anilines is 1. The van der Waals surface area contributed by atoms with Gasteiger partial charge in [-0.25, -0.2) is 9.97 Å². The highest BCUT2D eigenvalue weighted by atomic mass is 35.5. The van der Waals surface area contributed by atoms with Gasteiger partial charge in [-0.3, -0.25) is 4.79 Å². The van der Waals surface area contributed by atoms with Crippen LogP contribution in [0.15, 0.2) is 6.07 Å². The van der Waals surface area contributed by atoms with E-state index in [1.165, 1.54) is 0 Å². The van der Waals surface area contributed by atoms with E-state index in [4.69, 9.17) is 11.6 Å². The Morgan fingerprint density at radius 2 is 2.10 bits per heavy atom. The first kappa shape index (κ1) is 15.8. The molecule has 0 aliphatic heterocycles. The maximum Gasteiger partial charge on any atom is 0.433 e. The van der Waals surface area contributed by atoms with Crippen molar-refractivity contribution in [3.63, 3.8) is 0 Å². The fourth-order valence-corrected chi connectivity index (χ4v) is 1.83. The van der Waals surface area contributed by atoms with E-state index in [-0.39, 0.29) is 11.7 Å². The number of nitrogens with zero attached hydrogens (tertiary/aromatic N) is 2. The van der Waals surface area contributed by atoms with E-state index < -0.39 is 17.2 Å². The van der Waals surface area contributed by atoms with Crippen LogP contribution in [0.5, 0.6) is 0 Å². The van der Waals surface area contributed by atoms with Gasteiger partial charge in [-0.15, -0.1) is 0 Å². The average Bonchev–Trinajstić information content (AvgIpc) is 3.17. The second-order valence-electron chi connectivity index (χ2n) is 4.78. The van der Waals surface area contributed by atoms with Gasteiger partial charge in [0.25, 0.3) is 0 Å². The SMILES string of the molecule is O=C(CCCNc1cc(C(F)(F)F)nc(Cl)n1)NC1CC1. The van der Waals surface area contributed by atoms with Gasteiger partial charge < -0.3 is 10.6 Å². The van der Waals surface area contributed by atoms with Gasteiger partial charge in [0.05, 0.1) is 0 Å². The largest absolute Gasteiger partial charge is 0.433 e. The lowest BCUT2D eigenvalue weighted by molar-refractivity contribution is -0.141. The topological polar surface area (TPSA) is 66.9 Å². The molecular formula is C12H14ClF3N4O. The number of carbonyl (C=O) groups excluding carboxylic acids is 1. The number of alkyl halides is 3. The van der Waals surface area contributed by atoms with Crippen LogP contribution in [0.25, 0.3) is 0 Å². The molecule has 0 atom stereocenters. The van der Waals surface area contributed by atoms with E-state index >= 15 is 0 Å². The van der Waals surface area contributed by atoms with Crippen molar-refractivity contribution in [2.24, 2.45) is 0 Å². The molecule has 0 unspecified atom stereocenters. The van der Waals surface area contributed by atoms with E-state index in [9.17, 15) is 18.0 Å². The minimum Gasteiger partial charge on any atom is -0.370 e. The highest BCUT2D eigenvalue weighted by Crippen LogP contribution is 2.29. The maximum absolute atomic E-state index is 12.5. The van der Waals surface area contributed by atoms with Crippen LogP contribution >= 0.6 is 11.6 Å². The Hall–Kier alpha value is -1.57. The zero-order chi connectivity index (χ0) is 15.5. The summed E-state index contributed by atoms with van der Waals surface area (Å²) in [5.74, 6) is -0.0547. The van der Waals surface area contributed by atoms with Gasteiger partial charge in [0, 0.05) is 25.1 Å². The molecule has 5 nitrogen and oxygen atoms in total. The lowest BCUT2D eigenvalue weighted by Crippen LogP contribution is -2.25. The monoisotopic (exact) mass is 322 g/mol. The summed E-state index contributed by atoms with van der Waals surface area (Å²) in [6, 6.07) is 1.09. The number of rotatable bonds is 6. The van der Waals surface area contributed by atoms with Gasteiger partial charge in [-0.05, 0) is 30.9 Å². The number of amides is 1. The van der Waals surface area contributed by atoms with E-state index in [1.54, 1.807) is 0 Å². The van der Waals surface area contributed by atoms with Crippen LogP contribution in [0.3, 0.4) is 0 Å². The van der Waals surface area contributed by atoms with Crippen LogP contribution in [-0.2, 0) is 11.0 Å². The smallest absolute Gasteiger partial charge is 0.370 e. The molecule has 1 heterocycles. The molecule has 0 radical (unpaired) electrons. The Kier molecular flexibility index (Phi) is 4.87. The molecular weight excluding hydrogens is 309 g/mol. The van der Waals surface area contributed by atoms with Crippen LogP contribution in [-0.4, -0.2) is 28.5 Å². The van der Waals surface area contributed by atoms with Crippen molar-refractivity contribution >= 4 is 23.3 Å². The quantitative estimate of drug-likeness (QED) is 0.624. The first-order valence-corrected chi connectivity index (χ1v) is 6.87. The molecule has 1 aromatic heterocycles. The first-order chi connectivity index (χ1) is 9.84. The molecule has 1 aromatic rings.